The molecule has 0 aromatic heterocycles. The van der Waals surface area contributed by atoms with E-state index in [1.54, 1.807) is 0 Å². The molecular formula is C24H30N6O2. The van der Waals surface area contributed by atoms with E-state index < -0.39 is 0 Å². The highest BCUT2D eigenvalue weighted by atomic mass is 16.2. The van der Waals surface area contributed by atoms with Gasteiger partial charge >= 0.3 is 0 Å². The maximum Gasteiger partial charge on any atom is 0.288 e. The Labute approximate surface area is 188 Å². The highest BCUT2D eigenvalue weighted by Gasteiger charge is 2.27. The molecule has 2 aliphatic rings. The molecule has 168 valence electrons. The van der Waals surface area contributed by atoms with E-state index in [2.05, 4.69) is 56.7 Å². The molecule has 0 spiro atoms. The first kappa shape index (κ1) is 21.8. The molecule has 1 fully saturated rings. The summed E-state index contributed by atoms with van der Waals surface area (Å²) in [7, 11) is 0. The Morgan fingerprint density at radius 2 is 1.72 bits per heavy atom. The van der Waals surface area contributed by atoms with Gasteiger partial charge in [-0.2, -0.15) is 0 Å². The largest absolute Gasteiger partial charge is 0.369 e. The summed E-state index contributed by atoms with van der Waals surface area (Å²) < 4.78 is 0. The molecule has 2 aromatic carbocycles. The van der Waals surface area contributed by atoms with E-state index in [0.717, 1.165) is 31.7 Å². The first-order chi connectivity index (χ1) is 15.5. The Balaban J connectivity index is 1.27. The van der Waals surface area contributed by atoms with E-state index in [1.807, 2.05) is 37.3 Å². The van der Waals surface area contributed by atoms with E-state index in [0.29, 0.717) is 12.2 Å². The second-order valence-electron chi connectivity index (χ2n) is 8.26. The van der Waals surface area contributed by atoms with Gasteiger partial charge in [0.25, 0.3) is 11.8 Å². The number of nitrogens with zero attached hydrogens (tertiary/aromatic N) is 4. The summed E-state index contributed by atoms with van der Waals surface area (Å²) in [5.74, 6) is -0.342. The Morgan fingerprint density at radius 1 is 1.03 bits per heavy atom. The van der Waals surface area contributed by atoms with Crippen molar-refractivity contribution in [3.8, 4) is 0 Å². The van der Waals surface area contributed by atoms with Gasteiger partial charge < -0.3 is 10.2 Å². The maximum atomic E-state index is 12.7. The Bertz CT molecular complexity index is 968. The number of rotatable bonds is 6. The number of aryl methyl sites for hydroxylation is 1. The van der Waals surface area contributed by atoms with Crippen molar-refractivity contribution in [1.29, 1.82) is 0 Å². The first-order valence-corrected chi connectivity index (χ1v) is 11.0. The molecule has 0 radical (unpaired) electrons. The summed E-state index contributed by atoms with van der Waals surface area (Å²) in [5, 5.41) is 4.35. The average molecular weight is 435 g/mol. The number of nitrogens with one attached hydrogen (secondary N) is 2. The zero-order valence-electron chi connectivity index (χ0n) is 18.6. The van der Waals surface area contributed by atoms with Crippen LogP contribution in [0.25, 0.3) is 0 Å². The van der Waals surface area contributed by atoms with Gasteiger partial charge in [-0.1, -0.05) is 35.9 Å². The summed E-state index contributed by atoms with van der Waals surface area (Å²) in [5.41, 5.74) is 5.91. The second kappa shape index (κ2) is 9.82. The molecule has 0 saturated carbocycles. The highest BCUT2D eigenvalue weighted by Crippen LogP contribution is 2.17. The van der Waals surface area contributed by atoms with Gasteiger partial charge in [-0.15, -0.1) is 0 Å². The smallest absolute Gasteiger partial charge is 0.288 e. The molecule has 2 heterocycles. The van der Waals surface area contributed by atoms with Crippen molar-refractivity contribution in [3.05, 3.63) is 60.2 Å². The SMILES string of the molecule is Cc1ccc(N2NC(C(=O)NCC(C)N3CCN(c4ccccc4)CC3)=NCC2=O)cc1. The van der Waals surface area contributed by atoms with Crippen LogP contribution in [0.5, 0.6) is 0 Å². The van der Waals surface area contributed by atoms with Crippen LogP contribution >= 0.6 is 0 Å². The number of hydrazine groups is 1. The number of hydrogen-bond acceptors (Lipinski definition) is 6. The maximum absolute atomic E-state index is 12.7. The second-order valence-corrected chi connectivity index (χ2v) is 8.26. The monoisotopic (exact) mass is 434 g/mol. The molecule has 2 aliphatic heterocycles. The minimum absolute atomic E-state index is 0.0549. The van der Waals surface area contributed by atoms with Crippen LogP contribution < -0.4 is 20.7 Å². The molecule has 4 rings (SSSR count). The van der Waals surface area contributed by atoms with Crippen molar-refractivity contribution in [3.63, 3.8) is 0 Å². The standard InChI is InChI=1S/C24H30N6O2/c1-18-8-10-21(11-9-18)30-22(31)17-25-23(27-30)24(32)26-16-19(2)28-12-14-29(15-13-28)20-6-4-3-5-7-20/h3-11,19H,12-17H2,1-2H3,(H,25,27)(H,26,32). The Hall–Kier alpha value is -3.39. The van der Waals surface area contributed by atoms with Gasteiger partial charge in [0.05, 0.1) is 5.69 Å². The van der Waals surface area contributed by atoms with Crippen LogP contribution in [0.4, 0.5) is 11.4 Å². The predicted molar refractivity (Wildman–Crippen MR) is 127 cm³/mol. The Kier molecular flexibility index (Phi) is 6.70. The van der Waals surface area contributed by atoms with Gasteiger partial charge in [0.15, 0.2) is 0 Å². The van der Waals surface area contributed by atoms with E-state index in [1.165, 1.54) is 10.7 Å². The van der Waals surface area contributed by atoms with Crippen LogP contribution in [0.15, 0.2) is 59.6 Å². The van der Waals surface area contributed by atoms with Crippen molar-refractivity contribution < 1.29 is 9.59 Å². The van der Waals surface area contributed by atoms with Crippen molar-refractivity contribution in [1.82, 2.24) is 15.6 Å². The van der Waals surface area contributed by atoms with E-state index >= 15 is 0 Å². The molecule has 1 saturated heterocycles. The number of para-hydroxylation sites is 1. The van der Waals surface area contributed by atoms with Gasteiger partial charge in [0.1, 0.15) is 6.54 Å². The summed E-state index contributed by atoms with van der Waals surface area (Å²) in [6.45, 7) is 8.38. The van der Waals surface area contributed by atoms with Crippen LogP contribution in [0, 0.1) is 6.92 Å². The number of carbonyl (C=O) groups excluding carboxylic acids is 2. The van der Waals surface area contributed by atoms with Crippen molar-refractivity contribution in [2.24, 2.45) is 4.99 Å². The number of hydrogen-bond donors (Lipinski definition) is 2. The lowest BCUT2D eigenvalue weighted by molar-refractivity contribution is -0.118. The van der Waals surface area contributed by atoms with Crippen LogP contribution in [0.3, 0.4) is 0 Å². The number of anilines is 2. The third-order valence-corrected chi connectivity index (χ3v) is 5.96. The fourth-order valence-corrected chi connectivity index (χ4v) is 3.96. The molecular weight excluding hydrogens is 404 g/mol. The third-order valence-electron chi connectivity index (χ3n) is 5.96. The molecule has 2 amide bonds. The van der Waals surface area contributed by atoms with Crippen LogP contribution in [0.2, 0.25) is 0 Å². The highest BCUT2D eigenvalue weighted by molar-refractivity contribution is 6.39. The lowest BCUT2D eigenvalue weighted by Crippen LogP contribution is -2.57. The van der Waals surface area contributed by atoms with E-state index in [4.69, 9.17) is 0 Å². The van der Waals surface area contributed by atoms with Crippen LogP contribution in [-0.2, 0) is 9.59 Å². The van der Waals surface area contributed by atoms with E-state index in [9.17, 15) is 9.59 Å². The normalized spacial score (nSPS) is 18.1. The van der Waals surface area contributed by atoms with Gasteiger partial charge in [-0.05, 0) is 38.1 Å². The topological polar surface area (TPSA) is 80.3 Å². The Morgan fingerprint density at radius 3 is 2.41 bits per heavy atom. The summed E-state index contributed by atoms with van der Waals surface area (Å²) >= 11 is 0. The van der Waals surface area contributed by atoms with Gasteiger partial charge in [-0.25, -0.2) is 5.01 Å². The van der Waals surface area contributed by atoms with Crippen molar-refractivity contribution in [2.45, 2.75) is 19.9 Å². The fourth-order valence-electron chi connectivity index (χ4n) is 3.96. The quantitative estimate of drug-likeness (QED) is 0.722. The number of amides is 2. The molecule has 2 aromatic rings. The predicted octanol–water partition coefficient (Wildman–Crippen LogP) is 1.57. The molecule has 8 nitrogen and oxygen atoms in total. The summed E-state index contributed by atoms with van der Waals surface area (Å²) in [6.07, 6.45) is 0. The first-order valence-electron chi connectivity index (χ1n) is 11.0. The number of benzene rings is 2. The number of aliphatic imine (C=N–C) groups is 1. The van der Waals surface area contributed by atoms with E-state index in [-0.39, 0.29) is 30.2 Å². The van der Waals surface area contributed by atoms with Crippen LogP contribution in [-0.4, -0.2) is 67.9 Å². The minimum Gasteiger partial charge on any atom is -0.369 e. The van der Waals surface area contributed by atoms with Gasteiger partial charge in [0, 0.05) is 44.5 Å². The molecule has 0 bridgehead atoms. The summed E-state index contributed by atoms with van der Waals surface area (Å²) in [6, 6.07) is 18.2. The zero-order chi connectivity index (χ0) is 22.5. The molecule has 32 heavy (non-hydrogen) atoms. The van der Waals surface area contributed by atoms with Crippen LogP contribution in [0.1, 0.15) is 12.5 Å². The molecule has 1 unspecified atom stereocenters. The van der Waals surface area contributed by atoms with Gasteiger partial charge in [-0.3, -0.25) is 24.9 Å². The number of piperazine rings is 1. The average Bonchev–Trinajstić information content (AvgIpc) is 2.84. The number of amidine groups is 1. The summed E-state index contributed by atoms with van der Waals surface area (Å²) in [4.78, 5) is 33.8. The molecule has 8 heteroatoms. The van der Waals surface area contributed by atoms with Crippen molar-refractivity contribution in [2.75, 3.05) is 49.2 Å². The molecule has 0 aliphatic carbocycles. The third kappa shape index (κ3) is 5.08. The minimum atomic E-state index is -0.301. The zero-order valence-corrected chi connectivity index (χ0v) is 18.6. The van der Waals surface area contributed by atoms with Gasteiger partial charge in [0.2, 0.25) is 5.84 Å². The number of carbonyl (C=O) groups is 2. The lowest BCUT2D eigenvalue weighted by atomic mass is 10.2. The van der Waals surface area contributed by atoms with Crippen molar-refractivity contribution >= 4 is 29.0 Å². The molecule has 1 atom stereocenters. The molecule has 2 N–H and O–H groups in total. The lowest BCUT2D eigenvalue weighted by Gasteiger charge is -2.39. The fraction of sp³-hybridized carbons (Fsp3) is 0.375.